The van der Waals surface area contributed by atoms with Gasteiger partial charge in [-0.15, -0.1) is 0 Å². The van der Waals surface area contributed by atoms with Crippen LogP contribution in [0.1, 0.15) is 77.6 Å². The van der Waals surface area contributed by atoms with E-state index in [4.69, 9.17) is 0 Å². The van der Waals surface area contributed by atoms with Crippen molar-refractivity contribution in [2.75, 3.05) is 6.54 Å². The van der Waals surface area contributed by atoms with Crippen LogP contribution in [0.25, 0.3) is 0 Å². The Hall–Kier alpha value is -1.32. The molecule has 0 saturated carbocycles. The molecule has 0 amide bonds. The molecular formula is C17H30NO3. The number of carbonyl (C=O) groups is 1. The maximum absolute atomic E-state index is 10.2. The second-order valence-corrected chi connectivity index (χ2v) is 5.40. The molecule has 0 aliphatic heterocycles. The summed E-state index contributed by atoms with van der Waals surface area (Å²) < 4.78 is 0. The number of hydrogen-bond donors (Lipinski definition) is 1. The highest BCUT2D eigenvalue weighted by molar-refractivity contribution is 5.74. The van der Waals surface area contributed by atoms with Crippen molar-refractivity contribution in [1.82, 2.24) is 4.99 Å². The maximum Gasteiger partial charge on any atom is 0.275 e. The zero-order valence-electron chi connectivity index (χ0n) is 13.4. The molecule has 0 unspecified atom stereocenters. The van der Waals surface area contributed by atoms with E-state index in [1.807, 2.05) is 0 Å². The van der Waals surface area contributed by atoms with Gasteiger partial charge in [-0.3, -0.25) is 0 Å². The van der Waals surface area contributed by atoms with Crippen molar-refractivity contribution in [3.05, 3.63) is 11.8 Å². The number of hydrogen-bond acceptors (Lipinski definition) is 4. The molecule has 4 nitrogen and oxygen atoms in total. The highest BCUT2D eigenvalue weighted by Crippen LogP contribution is 2.10. The number of aliphatic hydroxyl groups is 1. The minimum absolute atomic E-state index is 0.109. The van der Waals surface area contributed by atoms with Gasteiger partial charge in [0.1, 0.15) is 0 Å². The lowest BCUT2D eigenvalue weighted by molar-refractivity contribution is -0.305. The van der Waals surface area contributed by atoms with Gasteiger partial charge in [-0.05, 0) is 18.9 Å². The molecule has 0 rings (SSSR count). The molecule has 0 atom stereocenters. The van der Waals surface area contributed by atoms with E-state index in [0.29, 0.717) is 0 Å². The van der Waals surface area contributed by atoms with E-state index in [1.54, 1.807) is 6.08 Å². The first-order valence-corrected chi connectivity index (χ1v) is 8.25. The minimum atomic E-state index is -1.12. The SMILES string of the molecule is CCCCCCCCCCCC=C(O)C=[N+]CCC(=O)[O-]. The number of allylic oxidation sites excluding steroid dienone is 2. The average molecular weight is 296 g/mol. The number of unbranched alkanes of at least 4 members (excludes halogenated alkanes) is 9. The third kappa shape index (κ3) is 16.6. The Morgan fingerprint density at radius 2 is 1.62 bits per heavy atom. The number of aliphatic imine (C=N–C) groups is 1. The van der Waals surface area contributed by atoms with Crippen molar-refractivity contribution in [2.45, 2.75) is 77.6 Å². The molecule has 0 heterocycles. The van der Waals surface area contributed by atoms with Crippen LogP contribution in [0.5, 0.6) is 0 Å². The summed E-state index contributed by atoms with van der Waals surface area (Å²) >= 11 is 0. The van der Waals surface area contributed by atoms with E-state index < -0.39 is 5.97 Å². The lowest BCUT2D eigenvalue weighted by atomic mass is 10.1. The van der Waals surface area contributed by atoms with Crippen molar-refractivity contribution in [3.8, 4) is 0 Å². The third-order valence-electron chi connectivity index (χ3n) is 3.33. The summed E-state index contributed by atoms with van der Waals surface area (Å²) in [6.45, 7) is 2.38. The number of aliphatic hydroxyl groups excluding tert-OH is 1. The predicted molar refractivity (Wildman–Crippen MR) is 85.2 cm³/mol. The molecule has 121 valence electrons. The minimum Gasteiger partial charge on any atom is -0.550 e. The first kappa shape index (κ1) is 19.7. The Morgan fingerprint density at radius 1 is 1.05 bits per heavy atom. The van der Waals surface area contributed by atoms with Crippen LogP contribution in [0.2, 0.25) is 0 Å². The van der Waals surface area contributed by atoms with E-state index in [9.17, 15) is 15.0 Å². The predicted octanol–water partition coefficient (Wildman–Crippen LogP) is 2.90. The van der Waals surface area contributed by atoms with Gasteiger partial charge >= 0.3 is 0 Å². The zero-order chi connectivity index (χ0) is 15.8. The highest BCUT2D eigenvalue weighted by atomic mass is 16.4. The molecule has 0 fully saturated rings. The summed E-state index contributed by atoms with van der Waals surface area (Å²) in [7, 11) is 0. The Balaban J connectivity index is 3.39. The van der Waals surface area contributed by atoms with Gasteiger partial charge in [-0.2, -0.15) is 0 Å². The zero-order valence-corrected chi connectivity index (χ0v) is 13.4. The van der Waals surface area contributed by atoms with E-state index in [2.05, 4.69) is 11.9 Å². The molecule has 0 aromatic heterocycles. The average Bonchev–Trinajstić information content (AvgIpc) is 2.45. The van der Waals surface area contributed by atoms with Gasteiger partial charge in [0.25, 0.3) is 6.21 Å². The smallest absolute Gasteiger partial charge is 0.275 e. The van der Waals surface area contributed by atoms with Gasteiger partial charge in [0.15, 0.2) is 5.76 Å². The molecule has 4 heteroatoms. The van der Waals surface area contributed by atoms with Gasteiger partial charge in [-0.1, -0.05) is 58.3 Å². The fourth-order valence-electron chi connectivity index (χ4n) is 2.07. The Kier molecular flexibility index (Phi) is 14.1. The van der Waals surface area contributed by atoms with Crippen LogP contribution < -0.4 is 10.1 Å². The van der Waals surface area contributed by atoms with Gasteiger partial charge in [-0.25, -0.2) is 0 Å². The molecule has 0 saturated heterocycles. The number of aliphatic carboxylic acids is 1. The summed E-state index contributed by atoms with van der Waals surface area (Å²) in [6.07, 6.45) is 15.3. The Labute approximate surface area is 129 Å². The van der Waals surface area contributed by atoms with Crippen LogP contribution in [0.4, 0.5) is 0 Å². The fourth-order valence-corrected chi connectivity index (χ4v) is 2.07. The first-order valence-electron chi connectivity index (χ1n) is 8.25. The molecule has 0 aromatic rings. The van der Waals surface area contributed by atoms with Gasteiger partial charge < -0.3 is 15.0 Å². The summed E-state index contributed by atoms with van der Waals surface area (Å²) in [4.78, 5) is 14.0. The normalized spacial score (nSPS) is 12.1. The second-order valence-electron chi connectivity index (χ2n) is 5.40. The van der Waals surface area contributed by atoms with E-state index in [-0.39, 0.29) is 18.7 Å². The molecule has 0 aromatic carbocycles. The quantitative estimate of drug-likeness (QED) is 0.304. The summed E-state index contributed by atoms with van der Waals surface area (Å²) in [5, 5.41) is 19.6. The van der Waals surface area contributed by atoms with Crippen molar-refractivity contribution in [1.29, 1.82) is 0 Å². The summed E-state index contributed by atoms with van der Waals surface area (Å²) in [5.74, 6) is -1.00. The number of carbonyl (C=O) groups excluding carboxylic acids is 1. The lowest BCUT2D eigenvalue weighted by Crippen LogP contribution is -2.24. The lowest BCUT2D eigenvalue weighted by Gasteiger charge is -2.00. The molecule has 21 heavy (non-hydrogen) atoms. The maximum atomic E-state index is 10.2. The van der Waals surface area contributed by atoms with Crippen molar-refractivity contribution in [2.24, 2.45) is 0 Å². The van der Waals surface area contributed by atoms with Gasteiger partial charge in [0.2, 0.25) is 6.54 Å². The fraction of sp³-hybridized carbons (Fsp3) is 0.765. The molecule has 1 radical (unpaired) electrons. The second kappa shape index (κ2) is 15.1. The topological polar surface area (TPSA) is 74.5 Å². The van der Waals surface area contributed by atoms with Gasteiger partial charge in [0, 0.05) is 11.0 Å². The van der Waals surface area contributed by atoms with Crippen molar-refractivity contribution in [3.63, 3.8) is 0 Å². The third-order valence-corrected chi connectivity index (χ3v) is 3.33. The van der Waals surface area contributed by atoms with Crippen LogP contribution in [-0.2, 0) is 4.79 Å². The highest BCUT2D eigenvalue weighted by Gasteiger charge is 1.98. The first-order chi connectivity index (χ1) is 10.2. The number of carboxylic acids is 1. The Morgan fingerprint density at radius 3 is 2.19 bits per heavy atom. The van der Waals surface area contributed by atoms with E-state index in [0.717, 1.165) is 12.8 Å². The van der Waals surface area contributed by atoms with Crippen LogP contribution in [0.3, 0.4) is 0 Å². The Bertz CT molecular complexity index is 311. The number of nitrogens with zero attached hydrogens (tertiary/aromatic N) is 1. The van der Waals surface area contributed by atoms with Crippen molar-refractivity contribution < 1.29 is 15.0 Å². The van der Waals surface area contributed by atoms with Gasteiger partial charge in [0.05, 0.1) is 6.42 Å². The standard InChI is InChI=1S/C17H31NO3/c1-2-3-4-5-6-7-8-9-10-11-12-16(19)15-18-14-13-17(20)21/h12,15,19H,2-11,13-14H2,1H3,(H,20,21)/q+1/p-1. The van der Waals surface area contributed by atoms with Crippen LogP contribution >= 0.6 is 0 Å². The van der Waals surface area contributed by atoms with E-state index in [1.165, 1.54) is 57.6 Å². The van der Waals surface area contributed by atoms with Crippen LogP contribution in [-0.4, -0.2) is 23.8 Å². The summed E-state index contributed by atoms with van der Waals surface area (Å²) in [6, 6.07) is 0. The van der Waals surface area contributed by atoms with E-state index >= 15 is 0 Å². The largest absolute Gasteiger partial charge is 0.550 e. The summed E-state index contributed by atoms with van der Waals surface area (Å²) in [5.41, 5.74) is 0. The van der Waals surface area contributed by atoms with Crippen LogP contribution in [0, 0.1) is 0 Å². The molecule has 0 aliphatic carbocycles. The monoisotopic (exact) mass is 296 g/mol. The molecule has 0 spiro atoms. The molecular weight excluding hydrogens is 266 g/mol. The van der Waals surface area contributed by atoms with Crippen molar-refractivity contribution >= 4 is 12.2 Å². The number of carboxylic acid groups (broad SMARTS) is 1. The number of rotatable bonds is 14. The molecule has 1 N–H and O–H groups in total. The van der Waals surface area contributed by atoms with Crippen LogP contribution in [0.15, 0.2) is 11.8 Å². The molecule has 0 aliphatic rings. The molecule has 0 bridgehead atoms.